The van der Waals surface area contributed by atoms with Crippen molar-refractivity contribution >= 4 is 11.7 Å². The van der Waals surface area contributed by atoms with Crippen LogP contribution in [-0.4, -0.2) is 5.78 Å². The van der Waals surface area contributed by atoms with Crippen LogP contribution in [0.1, 0.15) is 34.5 Å². The summed E-state index contributed by atoms with van der Waals surface area (Å²) in [6.45, 7) is 0. The van der Waals surface area contributed by atoms with Gasteiger partial charge in [-0.3, -0.25) is 4.79 Å². The number of aryl methyl sites for hydroxylation is 1. The highest BCUT2D eigenvalue weighted by Gasteiger charge is 2.27. The van der Waals surface area contributed by atoms with E-state index in [4.69, 9.17) is 15.4 Å². The molecule has 2 N–H and O–H groups in total. The number of carbonyl (C=O) groups is 1. The molecule has 13 heavy (non-hydrogen) atoms. The highest BCUT2D eigenvalue weighted by molar-refractivity contribution is 6.01. The van der Waals surface area contributed by atoms with Crippen molar-refractivity contribution in [2.45, 2.75) is 19.3 Å². The fourth-order valence-corrected chi connectivity index (χ4v) is 1.61. The number of fused-ring (bicyclic) bond motifs is 1. The molecule has 0 amide bonds. The van der Waals surface area contributed by atoms with E-state index in [2.05, 4.69) is 0 Å². The van der Waals surface area contributed by atoms with Gasteiger partial charge in [0.15, 0.2) is 5.78 Å². The van der Waals surface area contributed by atoms with E-state index >= 15 is 0 Å². The number of anilines is 1. The summed E-state index contributed by atoms with van der Waals surface area (Å²) < 4.78 is 5.13. The van der Waals surface area contributed by atoms with Gasteiger partial charge in [0.1, 0.15) is 17.4 Å². The quantitative estimate of drug-likeness (QED) is 0.645. The Balaban J connectivity index is 2.66. The first kappa shape index (κ1) is 7.87. The standard InChI is InChI=1S/C9H8N2O2/c10-4-5-8-6(12)2-1-3-7(8)13-9(5)11/h1-3,11H2. The number of ketones is 1. The second-order valence-corrected chi connectivity index (χ2v) is 3.03. The zero-order chi connectivity index (χ0) is 9.42. The molecule has 1 aromatic heterocycles. The first-order valence-corrected chi connectivity index (χ1v) is 4.08. The van der Waals surface area contributed by atoms with Crippen molar-refractivity contribution in [2.75, 3.05) is 5.73 Å². The number of furan rings is 1. The van der Waals surface area contributed by atoms with Gasteiger partial charge in [0.2, 0.25) is 5.88 Å². The summed E-state index contributed by atoms with van der Waals surface area (Å²) in [6.07, 6.45) is 1.97. The van der Waals surface area contributed by atoms with Crippen LogP contribution in [0.4, 0.5) is 5.88 Å². The van der Waals surface area contributed by atoms with Gasteiger partial charge in [0.05, 0.1) is 5.56 Å². The summed E-state index contributed by atoms with van der Waals surface area (Å²) in [7, 11) is 0. The maximum Gasteiger partial charge on any atom is 0.209 e. The van der Waals surface area contributed by atoms with Crippen molar-refractivity contribution in [2.24, 2.45) is 0 Å². The number of nitriles is 1. The second kappa shape index (κ2) is 2.63. The monoisotopic (exact) mass is 176 g/mol. The largest absolute Gasteiger partial charge is 0.444 e. The Morgan fingerprint density at radius 2 is 2.23 bits per heavy atom. The predicted octanol–water partition coefficient (Wildman–Crippen LogP) is 1.25. The number of hydrogen-bond acceptors (Lipinski definition) is 4. The molecule has 0 aliphatic heterocycles. The van der Waals surface area contributed by atoms with Gasteiger partial charge in [-0.05, 0) is 6.42 Å². The number of nitrogens with two attached hydrogens (primary N) is 1. The average Bonchev–Trinajstić information content (AvgIpc) is 2.42. The van der Waals surface area contributed by atoms with E-state index in [0.717, 1.165) is 6.42 Å². The molecule has 0 unspecified atom stereocenters. The van der Waals surface area contributed by atoms with Gasteiger partial charge in [-0.1, -0.05) is 0 Å². The van der Waals surface area contributed by atoms with Crippen molar-refractivity contribution < 1.29 is 9.21 Å². The van der Waals surface area contributed by atoms with Crippen molar-refractivity contribution in [3.63, 3.8) is 0 Å². The molecular formula is C9H8N2O2. The van der Waals surface area contributed by atoms with Crippen LogP contribution < -0.4 is 5.73 Å². The zero-order valence-corrected chi connectivity index (χ0v) is 6.96. The minimum absolute atomic E-state index is 0.0294. The van der Waals surface area contributed by atoms with Crippen LogP contribution in [-0.2, 0) is 6.42 Å². The Morgan fingerprint density at radius 3 is 2.92 bits per heavy atom. The predicted molar refractivity (Wildman–Crippen MR) is 45.1 cm³/mol. The van der Waals surface area contributed by atoms with Crippen LogP contribution in [0.25, 0.3) is 0 Å². The first-order chi connectivity index (χ1) is 6.24. The molecule has 0 saturated heterocycles. The van der Waals surface area contributed by atoms with Gasteiger partial charge >= 0.3 is 0 Å². The van der Waals surface area contributed by atoms with Crippen LogP contribution in [0.2, 0.25) is 0 Å². The SMILES string of the molecule is N#Cc1c(N)oc2c1C(=O)CCC2. The van der Waals surface area contributed by atoms with E-state index in [0.29, 0.717) is 24.2 Å². The number of nitrogens with zero attached hydrogens (tertiary/aromatic N) is 1. The van der Waals surface area contributed by atoms with Crippen LogP contribution >= 0.6 is 0 Å². The fraction of sp³-hybridized carbons (Fsp3) is 0.333. The Bertz CT molecular complexity index is 412. The highest BCUT2D eigenvalue weighted by Crippen LogP contribution is 2.30. The summed E-state index contributed by atoms with van der Waals surface area (Å²) in [4.78, 5) is 11.4. The summed E-state index contributed by atoms with van der Waals surface area (Å²) in [5.74, 6) is 0.617. The van der Waals surface area contributed by atoms with Gasteiger partial charge in [-0.2, -0.15) is 5.26 Å². The molecule has 1 heterocycles. The van der Waals surface area contributed by atoms with E-state index in [9.17, 15) is 4.79 Å². The number of carbonyl (C=O) groups excluding carboxylic acids is 1. The molecule has 0 spiro atoms. The van der Waals surface area contributed by atoms with Crippen LogP contribution in [0.5, 0.6) is 0 Å². The van der Waals surface area contributed by atoms with Crippen molar-refractivity contribution in [1.82, 2.24) is 0 Å². The lowest BCUT2D eigenvalue weighted by atomic mass is 9.94. The number of rotatable bonds is 0. The molecule has 0 aromatic carbocycles. The van der Waals surface area contributed by atoms with E-state index in [1.807, 2.05) is 6.07 Å². The molecule has 0 bridgehead atoms. The molecule has 4 heteroatoms. The highest BCUT2D eigenvalue weighted by atomic mass is 16.4. The third kappa shape index (κ3) is 1.01. The average molecular weight is 176 g/mol. The number of nitrogen functional groups attached to an aromatic ring is 1. The molecule has 66 valence electrons. The van der Waals surface area contributed by atoms with E-state index in [1.165, 1.54) is 0 Å². The van der Waals surface area contributed by atoms with Crippen molar-refractivity contribution in [3.05, 3.63) is 16.9 Å². The lowest BCUT2D eigenvalue weighted by Gasteiger charge is -2.06. The van der Waals surface area contributed by atoms with Gasteiger partial charge in [0, 0.05) is 12.8 Å². The fourth-order valence-electron chi connectivity index (χ4n) is 1.61. The molecule has 1 aromatic rings. The third-order valence-corrected chi connectivity index (χ3v) is 2.21. The Morgan fingerprint density at radius 1 is 1.46 bits per heavy atom. The van der Waals surface area contributed by atoms with Gasteiger partial charge in [-0.25, -0.2) is 0 Å². The smallest absolute Gasteiger partial charge is 0.209 e. The normalized spacial score (nSPS) is 15.2. The Hall–Kier alpha value is -1.76. The summed E-state index contributed by atoms with van der Waals surface area (Å²) in [5.41, 5.74) is 6.07. The molecule has 1 aliphatic carbocycles. The minimum atomic E-state index is -0.0294. The number of Topliss-reactive ketones (excluding diaryl/α,β-unsaturated/α-hetero) is 1. The number of hydrogen-bond donors (Lipinski definition) is 1. The van der Waals surface area contributed by atoms with Gasteiger partial charge in [0.25, 0.3) is 0 Å². The molecule has 0 saturated carbocycles. The lowest BCUT2D eigenvalue weighted by molar-refractivity contribution is 0.0969. The molecular weight excluding hydrogens is 168 g/mol. The molecule has 0 fully saturated rings. The minimum Gasteiger partial charge on any atom is -0.444 e. The Labute approximate surface area is 74.9 Å². The molecule has 2 rings (SSSR count). The van der Waals surface area contributed by atoms with Crippen LogP contribution in [0.3, 0.4) is 0 Å². The van der Waals surface area contributed by atoms with E-state index in [-0.39, 0.29) is 17.2 Å². The maximum absolute atomic E-state index is 11.4. The molecule has 4 nitrogen and oxygen atoms in total. The van der Waals surface area contributed by atoms with Crippen molar-refractivity contribution in [3.8, 4) is 6.07 Å². The second-order valence-electron chi connectivity index (χ2n) is 3.03. The van der Waals surface area contributed by atoms with Crippen LogP contribution in [0.15, 0.2) is 4.42 Å². The first-order valence-electron chi connectivity index (χ1n) is 4.08. The molecule has 0 radical (unpaired) electrons. The van der Waals surface area contributed by atoms with Crippen molar-refractivity contribution in [1.29, 1.82) is 5.26 Å². The molecule has 0 atom stereocenters. The van der Waals surface area contributed by atoms with E-state index < -0.39 is 0 Å². The summed E-state index contributed by atoms with van der Waals surface area (Å²) in [5, 5.41) is 8.74. The summed E-state index contributed by atoms with van der Waals surface area (Å²) >= 11 is 0. The van der Waals surface area contributed by atoms with Gasteiger partial charge < -0.3 is 10.2 Å². The van der Waals surface area contributed by atoms with E-state index in [1.54, 1.807) is 0 Å². The lowest BCUT2D eigenvalue weighted by Crippen LogP contribution is -2.09. The topological polar surface area (TPSA) is 80.0 Å². The van der Waals surface area contributed by atoms with Gasteiger partial charge in [-0.15, -0.1) is 0 Å². The summed E-state index contributed by atoms with van der Waals surface area (Å²) in [6, 6.07) is 1.89. The maximum atomic E-state index is 11.4. The Kier molecular flexibility index (Phi) is 1.59. The third-order valence-electron chi connectivity index (χ3n) is 2.21. The van der Waals surface area contributed by atoms with Crippen LogP contribution in [0, 0.1) is 11.3 Å². The molecule has 1 aliphatic rings. The zero-order valence-electron chi connectivity index (χ0n) is 6.96.